The Balaban J connectivity index is 1.48. The van der Waals surface area contributed by atoms with Crippen LogP contribution in [-0.4, -0.2) is 25.0 Å². The third kappa shape index (κ3) is 3.39. The van der Waals surface area contributed by atoms with Crippen LogP contribution < -0.4 is 5.84 Å². The first-order valence-corrected chi connectivity index (χ1v) is 9.41. The summed E-state index contributed by atoms with van der Waals surface area (Å²) in [6, 6.07) is 11.1. The fraction of sp³-hybridized carbons (Fsp3) is 0.0667. The fourth-order valence-electron chi connectivity index (χ4n) is 2.11. The van der Waals surface area contributed by atoms with Crippen LogP contribution in [0.3, 0.4) is 0 Å². The molecule has 0 aliphatic rings. The van der Waals surface area contributed by atoms with E-state index in [0.717, 1.165) is 10.4 Å². The zero-order chi connectivity index (χ0) is 17.2. The number of halogens is 1. The van der Waals surface area contributed by atoms with Crippen molar-refractivity contribution in [3.05, 3.63) is 52.6 Å². The molecule has 4 aromatic rings. The van der Waals surface area contributed by atoms with E-state index in [-0.39, 0.29) is 0 Å². The van der Waals surface area contributed by atoms with Gasteiger partial charge in [0.2, 0.25) is 5.16 Å². The Hall–Kier alpha value is -2.36. The van der Waals surface area contributed by atoms with Crippen LogP contribution in [0.4, 0.5) is 0 Å². The van der Waals surface area contributed by atoms with E-state index in [1.54, 1.807) is 23.5 Å². The van der Waals surface area contributed by atoms with Crippen molar-refractivity contribution in [2.75, 3.05) is 5.84 Å². The van der Waals surface area contributed by atoms with Crippen LogP contribution in [0.15, 0.2) is 51.5 Å². The highest BCUT2D eigenvalue weighted by Gasteiger charge is 2.15. The van der Waals surface area contributed by atoms with Crippen LogP contribution in [0.1, 0.15) is 5.82 Å². The number of nitrogens with zero attached hydrogens (tertiary/aromatic N) is 5. The predicted molar refractivity (Wildman–Crippen MR) is 97.8 cm³/mol. The number of thiophene rings is 1. The lowest BCUT2D eigenvalue weighted by atomic mass is 10.2. The predicted octanol–water partition coefficient (Wildman–Crippen LogP) is 3.72. The maximum absolute atomic E-state index is 6.10. The van der Waals surface area contributed by atoms with Crippen LogP contribution >= 0.6 is 34.7 Å². The second kappa shape index (κ2) is 6.87. The minimum Gasteiger partial charge on any atom is -0.335 e. The average molecular weight is 391 g/mol. The Labute approximate surface area is 155 Å². The first-order chi connectivity index (χ1) is 12.2. The lowest BCUT2D eigenvalue weighted by molar-refractivity contribution is 0.426. The first-order valence-electron chi connectivity index (χ1n) is 7.16. The van der Waals surface area contributed by atoms with Gasteiger partial charge in [0.15, 0.2) is 11.6 Å². The summed E-state index contributed by atoms with van der Waals surface area (Å²) in [6.45, 7) is 0. The Morgan fingerprint density at radius 3 is 2.80 bits per heavy atom. The van der Waals surface area contributed by atoms with Crippen molar-refractivity contribution < 1.29 is 4.52 Å². The zero-order valence-electron chi connectivity index (χ0n) is 12.7. The van der Waals surface area contributed by atoms with Gasteiger partial charge in [0, 0.05) is 10.6 Å². The summed E-state index contributed by atoms with van der Waals surface area (Å²) in [5.74, 6) is 8.22. The van der Waals surface area contributed by atoms with Crippen molar-refractivity contribution in [3.8, 4) is 22.2 Å². The van der Waals surface area contributed by atoms with Crippen molar-refractivity contribution in [1.29, 1.82) is 0 Å². The highest BCUT2D eigenvalue weighted by molar-refractivity contribution is 7.98. The van der Waals surface area contributed by atoms with Gasteiger partial charge >= 0.3 is 0 Å². The molecule has 126 valence electrons. The Kier molecular flexibility index (Phi) is 4.43. The second-order valence-corrected chi connectivity index (χ2v) is 7.29. The van der Waals surface area contributed by atoms with E-state index in [2.05, 4.69) is 20.3 Å². The van der Waals surface area contributed by atoms with Gasteiger partial charge < -0.3 is 10.4 Å². The van der Waals surface area contributed by atoms with E-state index in [4.69, 9.17) is 22.0 Å². The number of aromatic nitrogens is 5. The molecular formula is C15H11ClN6OS2. The molecule has 0 unspecified atom stereocenters. The van der Waals surface area contributed by atoms with Gasteiger partial charge in [-0.3, -0.25) is 0 Å². The Bertz CT molecular complexity index is 980. The third-order valence-electron chi connectivity index (χ3n) is 3.30. The number of thioether (sulfide) groups is 1. The number of nitrogens with two attached hydrogens (primary N) is 1. The van der Waals surface area contributed by atoms with E-state index in [1.165, 1.54) is 16.4 Å². The third-order valence-corrected chi connectivity index (χ3v) is 5.35. The second-order valence-electron chi connectivity index (χ2n) is 4.96. The molecule has 3 heterocycles. The van der Waals surface area contributed by atoms with Gasteiger partial charge in [0.05, 0.1) is 10.6 Å². The highest BCUT2D eigenvalue weighted by Crippen LogP contribution is 2.26. The molecule has 3 aromatic heterocycles. The van der Waals surface area contributed by atoms with Crippen LogP contribution in [0.25, 0.3) is 22.2 Å². The smallest absolute Gasteiger partial charge is 0.268 e. The summed E-state index contributed by atoms with van der Waals surface area (Å²) in [4.78, 5) is 5.31. The molecule has 0 fully saturated rings. The number of rotatable bonds is 5. The van der Waals surface area contributed by atoms with Gasteiger partial charge in [-0.05, 0) is 35.7 Å². The number of nitrogen functional groups attached to an aromatic ring is 1. The molecule has 0 saturated carbocycles. The van der Waals surface area contributed by atoms with Crippen LogP contribution in [0.5, 0.6) is 0 Å². The molecule has 0 amide bonds. The van der Waals surface area contributed by atoms with E-state index in [9.17, 15) is 0 Å². The summed E-state index contributed by atoms with van der Waals surface area (Å²) in [5.41, 5.74) is 0.839. The molecule has 0 radical (unpaired) electrons. The maximum atomic E-state index is 6.10. The Morgan fingerprint density at radius 1 is 1.20 bits per heavy atom. The molecule has 0 spiro atoms. The lowest BCUT2D eigenvalue weighted by Crippen LogP contribution is -2.11. The molecule has 0 aliphatic carbocycles. The molecule has 0 bridgehead atoms. The number of benzene rings is 1. The van der Waals surface area contributed by atoms with Crippen molar-refractivity contribution in [2.24, 2.45) is 0 Å². The lowest BCUT2D eigenvalue weighted by Gasteiger charge is -2.02. The minimum absolute atomic E-state index is 0.477. The molecule has 0 saturated heterocycles. The largest absolute Gasteiger partial charge is 0.335 e. The molecule has 4 rings (SSSR count). The summed E-state index contributed by atoms with van der Waals surface area (Å²) < 4.78 is 6.70. The van der Waals surface area contributed by atoms with Crippen molar-refractivity contribution >= 4 is 34.7 Å². The minimum atomic E-state index is 0.477. The number of hydrogen-bond acceptors (Lipinski definition) is 8. The SMILES string of the molecule is Nn1c(SCc2noc(-c3cccs3)n2)nnc1-c1ccc(Cl)cc1. The summed E-state index contributed by atoms with van der Waals surface area (Å²) in [6.07, 6.45) is 0. The van der Waals surface area contributed by atoms with Gasteiger partial charge in [-0.25, -0.2) is 4.68 Å². The molecule has 10 heteroatoms. The van der Waals surface area contributed by atoms with E-state index in [0.29, 0.717) is 33.5 Å². The molecule has 0 aliphatic heterocycles. The van der Waals surface area contributed by atoms with Gasteiger partial charge in [-0.15, -0.1) is 21.5 Å². The number of hydrogen-bond donors (Lipinski definition) is 1. The highest BCUT2D eigenvalue weighted by atomic mass is 35.5. The fourth-order valence-corrected chi connectivity index (χ4v) is 3.58. The standard InChI is InChI=1S/C15H11ClN6OS2/c16-10-5-3-9(4-6-10)13-19-20-15(22(13)17)25-8-12-18-14(23-21-12)11-2-1-7-24-11/h1-7H,8,17H2. The van der Waals surface area contributed by atoms with Crippen LogP contribution in [0.2, 0.25) is 5.02 Å². The molecule has 25 heavy (non-hydrogen) atoms. The summed E-state index contributed by atoms with van der Waals surface area (Å²) in [7, 11) is 0. The zero-order valence-corrected chi connectivity index (χ0v) is 15.1. The van der Waals surface area contributed by atoms with Crippen LogP contribution in [-0.2, 0) is 5.75 Å². The normalized spacial score (nSPS) is 11.1. The van der Waals surface area contributed by atoms with E-state index < -0.39 is 0 Å². The molecule has 1 aromatic carbocycles. The van der Waals surface area contributed by atoms with Crippen molar-refractivity contribution in [3.63, 3.8) is 0 Å². The molecular weight excluding hydrogens is 380 g/mol. The topological polar surface area (TPSA) is 95.7 Å². The maximum Gasteiger partial charge on any atom is 0.268 e. The monoisotopic (exact) mass is 390 g/mol. The van der Waals surface area contributed by atoms with Gasteiger partial charge in [-0.2, -0.15) is 4.98 Å². The van der Waals surface area contributed by atoms with Gasteiger partial charge in [0.1, 0.15) is 0 Å². The van der Waals surface area contributed by atoms with Gasteiger partial charge in [-0.1, -0.05) is 34.6 Å². The van der Waals surface area contributed by atoms with Gasteiger partial charge in [0.25, 0.3) is 5.89 Å². The van der Waals surface area contributed by atoms with E-state index in [1.807, 2.05) is 29.6 Å². The average Bonchev–Trinajstić information content (AvgIpc) is 3.35. The first kappa shape index (κ1) is 16.1. The van der Waals surface area contributed by atoms with Crippen LogP contribution in [0, 0.1) is 0 Å². The van der Waals surface area contributed by atoms with Crippen molar-refractivity contribution in [2.45, 2.75) is 10.9 Å². The van der Waals surface area contributed by atoms with Crippen molar-refractivity contribution in [1.82, 2.24) is 25.0 Å². The summed E-state index contributed by atoms with van der Waals surface area (Å²) in [5, 5.41) is 15.4. The Morgan fingerprint density at radius 2 is 2.04 bits per heavy atom. The molecule has 7 nitrogen and oxygen atoms in total. The molecule has 0 atom stereocenters. The molecule has 2 N–H and O–H groups in total. The summed E-state index contributed by atoms with van der Waals surface area (Å²) >= 11 is 8.84. The van der Waals surface area contributed by atoms with E-state index >= 15 is 0 Å². The quantitative estimate of drug-likeness (QED) is 0.409.